The smallest absolute Gasteiger partial charge is 0.193 e. The van der Waals surface area contributed by atoms with Gasteiger partial charge in [0.2, 0.25) is 0 Å². The zero-order valence-electron chi connectivity index (χ0n) is 17.6. The van der Waals surface area contributed by atoms with Gasteiger partial charge in [-0.1, -0.05) is 127 Å². The van der Waals surface area contributed by atoms with Crippen molar-refractivity contribution < 1.29 is 4.79 Å². The molecule has 0 aromatic heterocycles. The molecule has 0 aliphatic rings. The SMILES string of the molecule is O=C(c1ccccc1)c1ccc(-c2ccccc2)c(-c2ccccc2)c1-c1ccccc1. The summed E-state index contributed by atoms with van der Waals surface area (Å²) in [6, 6.07) is 44.5. The second kappa shape index (κ2) is 8.87. The number of carbonyl (C=O) groups is 1. The van der Waals surface area contributed by atoms with Gasteiger partial charge in [-0.25, -0.2) is 0 Å². The lowest BCUT2D eigenvalue weighted by molar-refractivity contribution is 0.103. The quantitative estimate of drug-likeness (QED) is 0.269. The van der Waals surface area contributed by atoms with Crippen molar-refractivity contribution >= 4 is 5.78 Å². The molecule has 1 heteroatoms. The Morgan fingerprint density at radius 1 is 0.406 bits per heavy atom. The normalized spacial score (nSPS) is 10.6. The molecule has 0 fully saturated rings. The fourth-order valence-electron chi connectivity index (χ4n) is 4.20. The molecule has 0 radical (unpaired) electrons. The van der Waals surface area contributed by atoms with Crippen molar-refractivity contribution in [2.75, 3.05) is 0 Å². The summed E-state index contributed by atoms with van der Waals surface area (Å²) in [6.07, 6.45) is 0. The predicted octanol–water partition coefficient (Wildman–Crippen LogP) is 7.92. The van der Waals surface area contributed by atoms with E-state index in [1.54, 1.807) is 0 Å². The molecule has 5 aromatic carbocycles. The molecule has 0 atom stereocenters. The Morgan fingerprint density at radius 2 is 0.844 bits per heavy atom. The van der Waals surface area contributed by atoms with E-state index in [1.165, 1.54) is 0 Å². The standard InChI is InChI=1S/C31H22O/c32-31(26-19-11-4-12-20-26)28-22-21-27(23-13-5-1-6-14-23)29(24-15-7-2-8-16-24)30(28)25-17-9-3-10-18-25/h1-22H. The van der Waals surface area contributed by atoms with Crippen molar-refractivity contribution in [1.29, 1.82) is 0 Å². The Morgan fingerprint density at radius 3 is 1.38 bits per heavy atom. The van der Waals surface area contributed by atoms with Crippen LogP contribution in [0.5, 0.6) is 0 Å². The van der Waals surface area contributed by atoms with Gasteiger partial charge in [0.05, 0.1) is 0 Å². The van der Waals surface area contributed by atoms with Crippen LogP contribution in [-0.4, -0.2) is 5.78 Å². The number of carbonyl (C=O) groups excluding carboxylic acids is 1. The highest BCUT2D eigenvalue weighted by molar-refractivity contribution is 6.16. The molecule has 0 amide bonds. The van der Waals surface area contributed by atoms with Crippen molar-refractivity contribution in [3.63, 3.8) is 0 Å². The Balaban J connectivity index is 1.86. The molecule has 1 nitrogen and oxygen atoms in total. The zero-order valence-corrected chi connectivity index (χ0v) is 17.6. The van der Waals surface area contributed by atoms with E-state index in [-0.39, 0.29) is 5.78 Å². The first kappa shape index (κ1) is 19.7. The highest BCUT2D eigenvalue weighted by atomic mass is 16.1. The molecule has 0 spiro atoms. The molecule has 5 rings (SSSR count). The van der Waals surface area contributed by atoms with Crippen molar-refractivity contribution in [3.05, 3.63) is 145 Å². The number of ketones is 1. The Kier molecular flexibility index (Phi) is 5.47. The van der Waals surface area contributed by atoms with Crippen LogP contribution in [0.25, 0.3) is 33.4 Å². The molecule has 0 bridgehead atoms. The van der Waals surface area contributed by atoms with E-state index in [9.17, 15) is 4.79 Å². The minimum Gasteiger partial charge on any atom is -0.289 e. The van der Waals surface area contributed by atoms with Crippen LogP contribution in [0.1, 0.15) is 15.9 Å². The molecule has 0 heterocycles. The van der Waals surface area contributed by atoms with Crippen molar-refractivity contribution in [1.82, 2.24) is 0 Å². The van der Waals surface area contributed by atoms with Crippen molar-refractivity contribution in [2.45, 2.75) is 0 Å². The van der Waals surface area contributed by atoms with Gasteiger partial charge in [-0.2, -0.15) is 0 Å². The summed E-state index contributed by atoms with van der Waals surface area (Å²) >= 11 is 0. The van der Waals surface area contributed by atoms with Gasteiger partial charge in [0.25, 0.3) is 0 Å². The maximum Gasteiger partial charge on any atom is 0.193 e. The number of benzene rings is 5. The molecule has 0 aliphatic heterocycles. The average Bonchev–Trinajstić information content (AvgIpc) is 2.89. The highest BCUT2D eigenvalue weighted by Crippen LogP contribution is 2.42. The zero-order chi connectivity index (χ0) is 21.8. The lowest BCUT2D eigenvalue weighted by atomic mass is 9.83. The first-order valence-electron chi connectivity index (χ1n) is 10.8. The number of hydrogen-bond acceptors (Lipinski definition) is 1. The Bertz CT molecular complexity index is 1340. The summed E-state index contributed by atoms with van der Waals surface area (Å²) in [7, 11) is 0. The van der Waals surface area contributed by atoms with Gasteiger partial charge in [0, 0.05) is 16.7 Å². The first-order valence-corrected chi connectivity index (χ1v) is 10.8. The van der Waals surface area contributed by atoms with E-state index in [0.29, 0.717) is 11.1 Å². The summed E-state index contributed by atoms with van der Waals surface area (Å²) < 4.78 is 0. The third-order valence-corrected chi connectivity index (χ3v) is 5.70. The average molecular weight is 411 g/mol. The summed E-state index contributed by atoms with van der Waals surface area (Å²) in [6.45, 7) is 0. The molecule has 0 N–H and O–H groups in total. The minimum atomic E-state index is 0.0289. The van der Waals surface area contributed by atoms with Crippen LogP contribution in [-0.2, 0) is 0 Å². The van der Waals surface area contributed by atoms with E-state index >= 15 is 0 Å². The fourth-order valence-corrected chi connectivity index (χ4v) is 4.20. The Labute approximate surface area is 188 Å². The second-order valence-corrected chi connectivity index (χ2v) is 7.70. The topological polar surface area (TPSA) is 17.1 Å². The monoisotopic (exact) mass is 410 g/mol. The van der Waals surface area contributed by atoms with Crippen LogP contribution >= 0.6 is 0 Å². The van der Waals surface area contributed by atoms with Crippen LogP contribution in [0.4, 0.5) is 0 Å². The van der Waals surface area contributed by atoms with Gasteiger partial charge in [-0.05, 0) is 33.9 Å². The lowest BCUT2D eigenvalue weighted by Gasteiger charge is -2.20. The van der Waals surface area contributed by atoms with Gasteiger partial charge in [0.15, 0.2) is 5.78 Å². The molecular weight excluding hydrogens is 388 g/mol. The van der Waals surface area contributed by atoms with Crippen molar-refractivity contribution in [3.8, 4) is 33.4 Å². The largest absolute Gasteiger partial charge is 0.289 e. The second-order valence-electron chi connectivity index (χ2n) is 7.70. The summed E-state index contributed by atoms with van der Waals surface area (Å²) in [5.41, 5.74) is 7.80. The van der Waals surface area contributed by atoms with E-state index in [1.807, 2.05) is 78.9 Å². The fraction of sp³-hybridized carbons (Fsp3) is 0. The minimum absolute atomic E-state index is 0.0289. The van der Waals surface area contributed by atoms with Gasteiger partial charge >= 0.3 is 0 Å². The molecule has 5 aromatic rings. The van der Waals surface area contributed by atoms with Crippen LogP contribution < -0.4 is 0 Å². The van der Waals surface area contributed by atoms with Crippen LogP contribution in [0.15, 0.2) is 133 Å². The van der Waals surface area contributed by atoms with E-state index < -0.39 is 0 Å². The van der Waals surface area contributed by atoms with Gasteiger partial charge in [-0.3, -0.25) is 4.79 Å². The van der Waals surface area contributed by atoms with Crippen LogP contribution in [0.3, 0.4) is 0 Å². The Hall–Kier alpha value is -4.23. The predicted molar refractivity (Wildman–Crippen MR) is 133 cm³/mol. The summed E-state index contributed by atoms with van der Waals surface area (Å²) in [5.74, 6) is 0.0289. The van der Waals surface area contributed by atoms with Gasteiger partial charge in [-0.15, -0.1) is 0 Å². The molecule has 152 valence electrons. The van der Waals surface area contributed by atoms with E-state index in [0.717, 1.165) is 33.4 Å². The lowest BCUT2D eigenvalue weighted by Crippen LogP contribution is -2.05. The van der Waals surface area contributed by atoms with Gasteiger partial charge in [0.1, 0.15) is 0 Å². The molecule has 0 aliphatic carbocycles. The van der Waals surface area contributed by atoms with E-state index in [2.05, 4.69) is 54.6 Å². The molecule has 0 saturated heterocycles. The molecule has 32 heavy (non-hydrogen) atoms. The van der Waals surface area contributed by atoms with Crippen LogP contribution in [0, 0.1) is 0 Å². The third-order valence-electron chi connectivity index (χ3n) is 5.70. The summed E-state index contributed by atoms with van der Waals surface area (Å²) in [5, 5.41) is 0. The maximum absolute atomic E-state index is 13.7. The van der Waals surface area contributed by atoms with Crippen molar-refractivity contribution in [2.24, 2.45) is 0 Å². The van der Waals surface area contributed by atoms with Gasteiger partial charge < -0.3 is 0 Å². The number of hydrogen-bond donors (Lipinski definition) is 0. The molecule has 0 saturated carbocycles. The highest BCUT2D eigenvalue weighted by Gasteiger charge is 2.22. The maximum atomic E-state index is 13.7. The molecular formula is C31H22O. The third kappa shape index (κ3) is 3.77. The first-order chi connectivity index (χ1) is 15.8. The molecule has 0 unspecified atom stereocenters. The van der Waals surface area contributed by atoms with Crippen LogP contribution in [0.2, 0.25) is 0 Å². The van der Waals surface area contributed by atoms with E-state index in [4.69, 9.17) is 0 Å². The summed E-state index contributed by atoms with van der Waals surface area (Å²) in [4.78, 5) is 13.7. The number of rotatable bonds is 5.